The minimum atomic E-state index is -0.507. The first-order valence-corrected chi connectivity index (χ1v) is 5.70. The first-order chi connectivity index (χ1) is 9.40. The molecule has 0 bridgehead atoms. The summed E-state index contributed by atoms with van der Waals surface area (Å²) in [6.07, 6.45) is 0. The summed E-state index contributed by atoms with van der Waals surface area (Å²) in [5.74, 6) is 0.385. The van der Waals surface area contributed by atoms with E-state index < -0.39 is 4.92 Å². The topological polar surface area (TPSA) is 120 Å². The van der Waals surface area contributed by atoms with Crippen LogP contribution in [0, 0.1) is 22.4 Å². The number of nitro groups is 1. The lowest BCUT2D eigenvalue weighted by Crippen LogP contribution is -2.13. The maximum absolute atomic E-state index is 10.7. The molecule has 0 amide bonds. The Morgan fingerprint density at radius 2 is 2.25 bits per heavy atom. The van der Waals surface area contributed by atoms with Crippen molar-refractivity contribution < 1.29 is 9.66 Å². The van der Waals surface area contributed by atoms with Crippen LogP contribution < -0.4 is 10.5 Å². The van der Waals surface area contributed by atoms with Gasteiger partial charge in [-0.05, 0) is 13.0 Å². The maximum Gasteiger partial charge on any atom is 0.273 e. The molecule has 0 aliphatic carbocycles. The molecule has 0 aliphatic rings. The number of hydrogen-bond donors (Lipinski definition) is 2. The first kappa shape index (κ1) is 13.5. The Kier molecular flexibility index (Phi) is 3.38. The number of nitrogens with one attached hydrogen (secondary N) is 1. The Morgan fingerprint density at radius 3 is 2.85 bits per heavy atom. The highest BCUT2D eigenvalue weighted by Crippen LogP contribution is 2.28. The molecular weight excluding hydrogens is 262 g/mol. The zero-order chi connectivity index (χ0) is 14.9. The van der Waals surface area contributed by atoms with Crippen molar-refractivity contribution in [3.8, 4) is 11.6 Å². The monoisotopic (exact) mass is 275 g/mol. The normalized spacial score (nSPS) is 10.3. The molecule has 2 aromatic rings. The summed E-state index contributed by atoms with van der Waals surface area (Å²) in [4.78, 5) is 10.2. The number of aromatic nitrogens is 2. The van der Waals surface area contributed by atoms with Gasteiger partial charge < -0.3 is 10.5 Å². The van der Waals surface area contributed by atoms with Crippen LogP contribution in [0.2, 0.25) is 0 Å². The molecule has 0 atom stereocenters. The van der Waals surface area contributed by atoms with E-state index in [4.69, 9.17) is 15.9 Å². The van der Waals surface area contributed by atoms with E-state index in [0.29, 0.717) is 11.3 Å². The van der Waals surface area contributed by atoms with E-state index in [-0.39, 0.29) is 23.2 Å². The van der Waals surface area contributed by atoms with E-state index >= 15 is 0 Å². The van der Waals surface area contributed by atoms with Gasteiger partial charge in [-0.1, -0.05) is 6.07 Å². The number of nitrogen functional groups attached to an aromatic ring is 1. The van der Waals surface area contributed by atoms with Gasteiger partial charge in [-0.15, -0.1) is 0 Å². The van der Waals surface area contributed by atoms with Crippen LogP contribution in [0.3, 0.4) is 0 Å². The second-order valence-electron chi connectivity index (χ2n) is 4.16. The molecule has 0 spiro atoms. The first-order valence-electron chi connectivity index (χ1n) is 5.70. The number of ether oxygens (including phenoxy) is 1. The van der Waals surface area contributed by atoms with E-state index in [2.05, 4.69) is 5.10 Å². The average molecular weight is 275 g/mol. The summed E-state index contributed by atoms with van der Waals surface area (Å²) in [5.41, 5.74) is 6.35. The predicted molar refractivity (Wildman–Crippen MR) is 72.1 cm³/mol. The van der Waals surface area contributed by atoms with Crippen LogP contribution in [0.4, 0.5) is 5.69 Å². The highest BCUT2D eigenvalue weighted by molar-refractivity contribution is 5.98. The number of nitro benzene ring substituents is 1. The van der Waals surface area contributed by atoms with Gasteiger partial charge >= 0.3 is 0 Å². The van der Waals surface area contributed by atoms with Crippen LogP contribution >= 0.6 is 0 Å². The Bertz CT molecular complexity index is 692. The van der Waals surface area contributed by atoms with E-state index in [1.54, 1.807) is 20.0 Å². The van der Waals surface area contributed by atoms with E-state index in [1.807, 2.05) is 0 Å². The Hall–Kier alpha value is -2.90. The summed E-state index contributed by atoms with van der Waals surface area (Å²) in [6.45, 7) is 1.71. The fraction of sp³-hybridized carbons (Fsp3) is 0.167. The van der Waals surface area contributed by atoms with Gasteiger partial charge in [0.25, 0.3) is 5.69 Å². The van der Waals surface area contributed by atoms with Gasteiger partial charge in [0, 0.05) is 13.1 Å². The number of aryl methyl sites for hydroxylation is 2. The van der Waals surface area contributed by atoms with Gasteiger partial charge in [-0.2, -0.15) is 5.10 Å². The van der Waals surface area contributed by atoms with Gasteiger partial charge in [-0.25, -0.2) is 4.68 Å². The van der Waals surface area contributed by atoms with Gasteiger partial charge in [0.1, 0.15) is 17.1 Å². The second kappa shape index (κ2) is 5.00. The van der Waals surface area contributed by atoms with Crippen molar-refractivity contribution in [2.75, 3.05) is 0 Å². The fourth-order valence-corrected chi connectivity index (χ4v) is 1.84. The van der Waals surface area contributed by atoms with Crippen molar-refractivity contribution in [3.63, 3.8) is 0 Å². The Labute approximate surface area is 114 Å². The minimum Gasteiger partial charge on any atom is -0.438 e. The smallest absolute Gasteiger partial charge is 0.273 e. The molecular formula is C12H13N5O3. The SMILES string of the molecule is Cc1nn(C)c(Oc2cccc([N+](=O)[O-])c2)c1C(=N)N. The molecule has 0 unspecified atom stereocenters. The molecule has 0 fully saturated rings. The zero-order valence-electron chi connectivity index (χ0n) is 11.0. The largest absolute Gasteiger partial charge is 0.438 e. The molecule has 104 valence electrons. The van der Waals surface area contributed by atoms with Crippen molar-refractivity contribution >= 4 is 11.5 Å². The lowest BCUT2D eigenvalue weighted by Gasteiger charge is -2.07. The van der Waals surface area contributed by atoms with E-state index in [0.717, 1.165) is 0 Å². The van der Waals surface area contributed by atoms with E-state index in [9.17, 15) is 10.1 Å². The van der Waals surface area contributed by atoms with Crippen molar-refractivity contribution in [2.24, 2.45) is 12.8 Å². The van der Waals surface area contributed by atoms with Crippen LogP contribution in [-0.4, -0.2) is 20.5 Å². The van der Waals surface area contributed by atoms with Crippen molar-refractivity contribution in [1.82, 2.24) is 9.78 Å². The quantitative estimate of drug-likeness (QED) is 0.381. The number of rotatable bonds is 4. The number of hydrogen-bond acceptors (Lipinski definition) is 5. The Balaban J connectivity index is 2.42. The van der Waals surface area contributed by atoms with Gasteiger partial charge in [0.05, 0.1) is 16.7 Å². The fourth-order valence-electron chi connectivity index (χ4n) is 1.84. The van der Waals surface area contributed by atoms with Gasteiger partial charge in [0.15, 0.2) is 0 Å². The van der Waals surface area contributed by atoms with Crippen LogP contribution in [0.1, 0.15) is 11.3 Å². The third-order valence-corrected chi connectivity index (χ3v) is 2.68. The average Bonchev–Trinajstić information content (AvgIpc) is 2.64. The van der Waals surface area contributed by atoms with Crippen molar-refractivity contribution in [1.29, 1.82) is 5.41 Å². The summed E-state index contributed by atoms with van der Waals surface area (Å²) in [6, 6.07) is 5.77. The van der Waals surface area contributed by atoms with Gasteiger partial charge in [0.2, 0.25) is 5.88 Å². The third-order valence-electron chi connectivity index (χ3n) is 2.68. The lowest BCUT2D eigenvalue weighted by atomic mass is 10.2. The van der Waals surface area contributed by atoms with Crippen molar-refractivity contribution in [3.05, 3.63) is 45.6 Å². The molecule has 2 rings (SSSR count). The summed E-state index contributed by atoms with van der Waals surface area (Å²) < 4.78 is 7.02. The summed E-state index contributed by atoms with van der Waals surface area (Å²) in [7, 11) is 1.64. The van der Waals surface area contributed by atoms with E-state index in [1.165, 1.54) is 22.9 Å². The predicted octanol–water partition coefficient (Wildman–Crippen LogP) is 1.71. The molecule has 1 heterocycles. The number of amidine groups is 1. The lowest BCUT2D eigenvalue weighted by molar-refractivity contribution is -0.384. The third kappa shape index (κ3) is 2.44. The molecule has 1 aromatic carbocycles. The molecule has 1 aromatic heterocycles. The minimum absolute atomic E-state index is 0.0780. The summed E-state index contributed by atoms with van der Waals surface area (Å²) >= 11 is 0. The van der Waals surface area contributed by atoms with Crippen molar-refractivity contribution in [2.45, 2.75) is 6.92 Å². The maximum atomic E-state index is 10.7. The number of non-ortho nitro benzene ring substituents is 1. The highest BCUT2D eigenvalue weighted by Gasteiger charge is 2.18. The number of nitrogens with two attached hydrogens (primary N) is 1. The van der Waals surface area contributed by atoms with Crippen LogP contribution in [0.25, 0.3) is 0 Å². The van der Waals surface area contributed by atoms with Crippen LogP contribution in [-0.2, 0) is 7.05 Å². The molecule has 0 saturated heterocycles. The van der Waals surface area contributed by atoms with Gasteiger partial charge in [-0.3, -0.25) is 15.5 Å². The molecule has 8 heteroatoms. The zero-order valence-corrected chi connectivity index (χ0v) is 11.0. The second-order valence-corrected chi connectivity index (χ2v) is 4.16. The molecule has 20 heavy (non-hydrogen) atoms. The molecule has 0 saturated carbocycles. The van der Waals surface area contributed by atoms with Crippen LogP contribution in [0.5, 0.6) is 11.6 Å². The highest BCUT2D eigenvalue weighted by atomic mass is 16.6. The van der Waals surface area contributed by atoms with Crippen LogP contribution in [0.15, 0.2) is 24.3 Å². The molecule has 8 nitrogen and oxygen atoms in total. The molecule has 0 radical (unpaired) electrons. The summed E-state index contributed by atoms with van der Waals surface area (Å²) in [5, 5.41) is 22.4. The standard InChI is InChI=1S/C12H13N5O3/c1-7-10(11(13)14)12(16(2)15-7)20-9-5-3-4-8(6-9)17(18)19/h3-6H,1-2H3,(H3,13,14). The molecule has 0 aliphatic heterocycles. The number of benzene rings is 1. The number of nitrogens with zero attached hydrogens (tertiary/aromatic N) is 3. The molecule has 3 N–H and O–H groups in total. The Morgan fingerprint density at radius 1 is 1.55 bits per heavy atom.